The van der Waals surface area contributed by atoms with Crippen molar-refractivity contribution in [3.05, 3.63) is 35.9 Å². The number of nitrogens with zero attached hydrogens (tertiary/aromatic N) is 1. The van der Waals surface area contributed by atoms with Crippen LogP contribution >= 0.6 is 24.0 Å². The lowest BCUT2D eigenvalue weighted by molar-refractivity contribution is -0.121. The molecular weight excluding hydrogens is 379 g/mol. The molecule has 1 aliphatic rings. The molecule has 0 bridgehead atoms. The number of aliphatic imine (C=N–C) groups is 1. The van der Waals surface area contributed by atoms with E-state index >= 15 is 0 Å². The number of carbonyl (C=O) groups excluding carboxylic acids is 1. The van der Waals surface area contributed by atoms with Crippen molar-refractivity contribution in [2.75, 3.05) is 13.6 Å². The molecule has 3 N–H and O–H groups in total. The number of nitrogens with one attached hydrogen (secondary N) is 3. The molecule has 1 amide bonds. The van der Waals surface area contributed by atoms with Gasteiger partial charge in [-0.3, -0.25) is 9.79 Å². The molecule has 0 saturated heterocycles. The van der Waals surface area contributed by atoms with Crippen molar-refractivity contribution in [1.82, 2.24) is 16.0 Å². The second-order valence-corrected chi connectivity index (χ2v) is 4.93. The summed E-state index contributed by atoms with van der Waals surface area (Å²) in [5.74, 6) is 0.826. The second kappa shape index (κ2) is 9.59. The maximum Gasteiger partial charge on any atom is 0.222 e. The van der Waals surface area contributed by atoms with Crippen LogP contribution in [0.4, 0.5) is 0 Å². The zero-order chi connectivity index (χ0) is 14.2. The van der Waals surface area contributed by atoms with Gasteiger partial charge in [0.1, 0.15) is 0 Å². The van der Waals surface area contributed by atoms with Gasteiger partial charge in [0, 0.05) is 32.6 Å². The Balaban J connectivity index is 0.00000220. The summed E-state index contributed by atoms with van der Waals surface area (Å²) in [6, 6.07) is 10.5. The summed E-state index contributed by atoms with van der Waals surface area (Å²) in [6.07, 6.45) is 2.86. The molecule has 1 aromatic rings. The third-order valence-electron chi connectivity index (χ3n) is 3.12. The molecule has 5 nitrogen and oxygen atoms in total. The fourth-order valence-corrected chi connectivity index (χ4v) is 1.79. The summed E-state index contributed by atoms with van der Waals surface area (Å²) < 4.78 is 0. The fraction of sp³-hybridized carbons (Fsp3) is 0.467. The lowest BCUT2D eigenvalue weighted by Crippen LogP contribution is -2.40. The van der Waals surface area contributed by atoms with Crippen molar-refractivity contribution in [1.29, 1.82) is 0 Å². The molecule has 0 atom stereocenters. The molecule has 0 aromatic heterocycles. The normalized spacial score (nSPS) is 14.0. The van der Waals surface area contributed by atoms with E-state index in [0.717, 1.165) is 11.5 Å². The van der Waals surface area contributed by atoms with Crippen molar-refractivity contribution in [2.45, 2.75) is 31.8 Å². The van der Waals surface area contributed by atoms with E-state index in [1.807, 2.05) is 30.3 Å². The Bertz CT molecular complexity index is 460. The van der Waals surface area contributed by atoms with E-state index in [1.165, 1.54) is 12.8 Å². The quantitative estimate of drug-likeness (QED) is 0.385. The van der Waals surface area contributed by atoms with Crippen LogP contribution in [0.3, 0.4) is 0 Å². The molecule has 0 radical (unpaired) electrons. The van der Waals surface area contributed by atoms with Crippen LogP contribution in [0.5, 0.6) is 0 Å². The smallest absolute Gasteiger partial charge is 0.222 e. The van der Waals surface area contributed by atoms with Gasteiger partial charge in [-0.05, 0) is 18.4 Å². The van der Waals surface area contributed by atoms with Crippen LogP contribution in [0.15, 0.2) is 35.3 Å². The van der Waals surface area contributed by atoms with Crippen molar-refractivity contribution >= 4 is 35.8 Å². The monoisotopic (exact) mass is 402 g/mol. The summed E-state index contributed by atoms with van der Waals surface area (Å²) in [5, 5.41) is 9.33. The zero-order valence-electron chi connectivity index (χ0n) is 12.3. The molecule has 2 rings (SSSR count). The van der Waals surface area contributed by atoms with Gasteiger partial charge in [0.15, 0.2) is 5.96 Å². The van der Waals surface area contributed by atoms with Crippen LogP contribution in [0, 0.1) is 0 Å². The molecule has 6 heteroatoms. The Morgan fingerprint density at radius 2 is 1.95 bits per heavy atom. The molecule has 0 unspecified atom stereocenters. The average Bonchev–Trinajstić information content (AvgIpc) is 3.29. The minimum atomic E-state index is 0. The van der Waals surface area contributed by atoms with Gasteiger partial charge >= 0.3 is 0 Å². The van der Waals surface area contributed by atoms with Gasteiger partial charge in [-0.2, -0.15) is 0 Å². The maximum absolute atomic E-state index is 11.7. The number of hydrogen-bond acceptors (Lipinski definition) is 2. The van der Waals surface area contributed by atoms with Crippen molar-refractivity contribution in [2.24, 2.45) is 4.99 Å². The van der Waals surface area contributed by atoms with Gasteiger partial charge < -0.3 is 16.0 Å². The summed E-state index contributed by atoms with van der Waals surface area (Å²) >= 11 is 0. The van der Waals surface area contributed by atoms with Gasteiger partial charge in [-0.25, -0.2) is 0 Å². The highest BCUT2D eigenvalue weighted by molar-refractivity contribution is 14.0. The number of halogens is 1. The lowest BCUT2D eigenvalue weighted by atomic mass is 10.2. The van der Waals surface area contributed by atoms with Crippen molar-refractivity contribution in [3.8, 4) is 0 Å². The highest BCUT2D eigenvalue weighted by Gasteiger charge is 2.21. The topological polar surface area (TPSA) is 65.5 Å². The summed E-state index contributed by atoms with van der Waals surface area (Å²) in [6.45, 7) is 1.17. The average molecular weight is 402 g/mol. The van der Waals surface area contributed by atoms with Crippen LogP contribution in [0.25, 0.3) is 0 Å². The first kappa shape index (κ1) is 17.7. The van der Waals surface area contributed by atoms with Crippen molar-refractivity contribution < 1.29 is 4.79 Å². The van der Waals surface area contributed by atoms with Crippen LogP contribution in [-0.2, 0) is 11.3 Å². The highest BCUT2D eigenvalue weighted by atomic mass is 127. The molecule has 0 heterocycles. The maximum atomic E-state index is 11.7. The minimum absolute atomic E-state index is 0. The van der Waals surface area contributed by atoms with Crippen LogP contribution in [0.2, 0.25) is 0 Å². The van der Waals surface area contributed by atoms with Crippen molar-refractivity contribution in [3.63, 3.8) is 0 Å². The van der Waals surface area contributed by atoms with E-state index in [1.54, 1.807) is 7.05 Å². The molecule has 21 heavy (non-hydrogen) atoms. The second-order valence-electron chi connectivity index (χ2n) is 4.93. The van der Waals surface area contributed by atoms with Gasteiger partial charge in [-0.1, -0.05) is 30.3 Å². The molecule has 0 aliphatic heterocycles. The van der Waals surface area contributed by atoms with E-state index in [-0.39, 0.29) is 29.9 Å². The first-order valence-electron chi connectivity index (χ1n) is 7.06. The predicted molar refractivity (Wildman–Crippen MR) is 95.8 cm³/mol. The molecular formula is C15H23IN4O. The Kier molecular flexibility index (Phi) is 8.11. The van der Waals surface area contributed by atoms with E-state index in [9.17, 15) is 4.79 Å². The fourth-order valence-electron chi connectivity index (χ4n) is 1.79. The Morgan fingerprint density at radius 3 is 2.57 bits per heavy atom. The Labute approximate surface area is 143 Å². The van der Waals surface area contributed by atoms with E-state index in [2.05, 4.69) is 20.9 Å². The Morgan fingerprint density at radius 1 is 1.24 bits per heavy atom. The van der Waals surface area contributed by atoms with Gasteiger partial charge in [0.25, 0.3) is 0 Å². The number of benzene rings is 1. The summed E-state index contributed by atoms with van der Waals surface area (Å²) in [5.41, 5.74) is 1.11. The first-order chi connectivity index (χ1) is 9.78. The van der Waals surface area contributed by atoms with Gasteiger partial charge in [0.05, 0.1) is 0 Å². The molecule has 116 valence electrons. The van der Waals surface area contributed by atoms with Crippen LogP contribution < -0.4 is 16.0 Å². The number of carbonyl (C=O) groups is 1. The van der Waals surface area contributed by atoms with E-state index in [0.29, 0.717) is 25.6 Å². The number of guanidine groups is 1. The third-order valence-corrected chi connectivity index (χ3v) is 3.12. The number of hydrogen-bond donors (Lipinski definition) is 3. The van der Waals surface area contributed by atoms with E-state index < -0.39 is 0 Å². The Hall–Kier alpha value is -1.31. The standard InChI is InChI=1S/C15H22N4O.HI/c1-16-15(19-13-7-8-13)17-10-9-14(20)18-11-12-5-3-2-4-6-12;/h2-6,13H,7-11H2,1H3,(H,18,20)(H2,16,17,19);1H. The predicted octanol–water partition coefficient (Wildman–Crippen LogP) is 1.64. The van der Waals surface area contributed by atoms with E-state index in [4.69, 9.17) is 0 Å². The number of amides is 1. The largest absolute Gasteiger partial charge is 0.356 e. The molecule has 1 aromatic carbocycles. The SMILES string of the molecule is CN=C(NCCC(=O)NCc1ccccc1)NC1CC1.I. The molecule has 0 spiro atoms. The lowest BCUT2D eigenvalue weighted by Gasteiger charge is -2.11. The summed E-state index contributed by atoms with van der Waals surface area (Å²) in [7, 11) is 1.74. The minimum Gasteiger partial charge on any atom is -0.356 e. The first-order valence-corrected chi connectivity index (χ1v) is 7.06. The van der Waals surface area contributed by atoms with Gasteiger partial charge in [0.2, 0.25) is 5.91 Å². The molecule has 1 aliphatic carbocycles. The summed E-state index contributed by atoms with van der Waals surface area (Å²) in [4.78, 5) is 15.8. The van der Waals surface area contributed by atoms with Crippen LogP contribution in [0.1, 0.15) is 24.8 Å². The molecule has 1 saturated carbocycles. The van der Waals surface area contributed by atoms with Crippen LogP contribution in [-0.4, -0.2) is 31.5 Å². The highest BCUT2D eigenvalue weighted by Crippen LogP contribution is 2.18. The zero-order valence-corrected chi connectivity index (χ0v) is 14.6. The molecule has 1 fully saturated rings. The van der Waals surface area contributed by atoms with Gasteiger partial charge in [-0.15, -0.1) is 24.0 Å². The third kappa shape index (κ3) is 7.31. The number of rotatable bonds is 6.